The first kappa shape index (κ1) is 13.1. The Hall–Kier alpha value is -2.30. The number of anilines is 3. The molecule has 5 nitrogen and oxygen atoms in total. The van der Waals surface area contributed by atoms with Crippen LogP contribution in [0.5, 0.6) is 5.75 Å². The molecule has 1 heterocycles. The molecular weight excluding hydrogens is 240 g/mol. The van der Waals surface area contributed by atoms with Crippen LogP contribution in [0.15, 0.2) is 36.7 Å². The molecule has 0 fully saturated rings. The van der Waals surface area contributed by atoms with Crippen molar-refractivity contribution in [2.45, 2.75) is 6.92 Å². The van der Waals surface area contributed by atoms with Gasteiger partial charge in [-0.25, -0.2) is 4.98 Å². The Labute approximate surface area is 113 Å². The van der Waals surface area contributed by atoms with Crippen LogP contribution in [-0.4, -0.2) is 30.7 Å². The molecule has 0 bridgehead atoms. The number of methoxy groups -OCH3 is 1. The van der Waals surface area contributed by atoms with Crippen molar-refractivity contribution in [2.75, 3.05) is 30.9 Å². The van der Waals surface area contributed by atoms with E-state index in [-0.39, 0.29) is 0 Å². The lowest BCUT2D eigenvalue weighted by molar-refractivity contribution is 0.415. The zero-order valence-electron chi connectivity index (χ0n) is 11.4. The molecule has 19 heavy (non-hydrogen) atoms. The summed E-state index contributed by atoms with van der Waals surface area (Å²) in [6.07, 6.45) is 3.46. The van der Waals surface area contributed by atoms with E-state index in [1.807, 2.05) is 43.1 Å². The maximum atomic E-state index is 5.15. The summed E-state index contributed by atoms with van der Waals surface area (Å²) >= 11 is 0. The summed E-state index contributed by atoms with van der Waals surface area (Å²) in [4.78, 5) is 10.7. The van der Waals surface area contributed by atoms with Crippen LogP contribution in [-0.2, 0) is 0 Å². The van der Waals surface area contributed by atoms with Crippen LogP contribution in [0.25, 0.3) is 0 Å². The number of benzene rings is 1. The summed E-state index contributed by atoms with van der Waals surface area (Å²) in [6.45, 7) is 2.85. The van der Waals surface area contributed by atoms with E-state index in [1.165, 1.54) is 0 Å². The SMILES string of the molecule is CCNc1cncc(N(C)c2ccc(OC)cc2)n1. The summed E-state index contributed by atoms with van der Waals surface area (Å²) in [7, 11) is 3.62. The van der Waals surface area contributed by atoms with Gasteiger partial charge in [0.2, 0.25) is 0 Å². The van der Waals surface area contributed by atoms with Gasteiger partial charge in [0, 0.05) is 19.3 Å². The lowest BCUT2D eigenvalue weighted by atomic mass is 10.3. The lowest BCUT2D eigenvalue weighted by Crippen LogP contribution is -2.12. The van der Waals surface area contributed by atoms with Crippen LogP contribution in [0.4, 0.5) is 17.3 Å². The molecule has 2 rings (SSSR count). The van der Waals surface area contributed by atoms with Crippen molar-refractivity contribution in [1.29, 1.82) is 0 Å². The average Bonchev–Trinajstić information content (AvgIpc) is 2.47. The smallest absolute Gasteiger partial charge is 0.153 e. The topological polar surface area (TPSA) is 50.3 Å². The van der Waals surface area contributed by atoms with Gasteiger partial charge < -0.3 is 15.0 Å². The van der Waals surface area contributed by atoms with Crippen LogP contribution in [0.3, 0.4) is 0 Å². The van der Waals surface area contributed by atoms with E-state index in [2.05, 4.69) is 15.3 Å². The third-order valence-corrected chi connectivity index (χ3v) is 2.78. The summed E-state index contributed by atoms with van der Waals surface area (Å²) in [5.74, 6) is 2.41. The number of ether oxygens (including phenoxy) is 1. The van der Waals surface area contributed by atoms with E-state index in [0.29, 0.717) is 0 Å². The molecule has 0 aliphatic carbocycles. The summed E-state index contributed by atoms with van der Waals surface area (Å²) in [6, 6.07) is 7.82. The molecule has 0 saturated heterocycles. The zero-order chi connectivity index (χ0) is 13.7. The Morgan fingerprint density at radius 2 is 1.95 bits per heavy atom. The minimum absolute atomic E-state index is 0.778. The van der Waals surface area contributed by atoms with Crippen molar-refractivity contribution in [3.63, 3.8) is 0 Å². The van der Waals surface area contributed by atoms with E-state index < -0.39 is 0 Å². The fourth-order valence-electron chi connectivity index (χ4n) is 1.72. The Balaban J connectivity index is 2.22. The first-order valence-corrected chi connectivity index (χ1v) is 6.18. The summed E-state index contributed by atoms with van der Waals surface area (Å²) in [5, 5.41) is 3.15. The maximum absolute atomic E-state index is 5.15. The van der Waals surface area contributed by atoms with E-state index in [4.69, 9.17) is 4.74 Å². The Morgan fingerprint density at radius 3 is 2.58 bits per heavy atom. The number of nitrogens with one attached hydrogen (secondary N) is 1. The van der Waals surface area contributed by atoms with E-state index in [1.54, 1.807) is 19.5 Å². The monoisotopic (exact) mass is 258 g/mol. The van der Waals surface area contributed by atoms with Crippen LogP contribution < -0.4 is 15.0 Å². The molecule has 5 heteroatoms. The largest absolute Gasteiger partial charge is 0.497 e. The number of nitrogens with zero attached hydrogens (tertiary/aromatic N) is 3. The molecule has 0 atom stereocenters. The normalized spacial score (nSPS) is 10.1. The first-order chi connectivity index (χ1) is 9.24. The number of rotatable bonds is 5. The van der Waals surface area contributed by atoms with E-state index >= 15 is 0 Å². The number of hydrogen-bond donors (Lipinski definition) is 1. The molecule has 2 aromatic rings. The second-order valence-electron chi connectivity index (χ2n) is 4.05. The third-order valence-electron chi connectivity index (χ3n) is 2.78. The summed E-state index contributed by atoms with van der Waals surface area (Å²) in [5.41, 5.74) is 1.03. The van der Waals surface area contributed by atoms with Gasteiger partial charge in [0.25, 0.3) is 0 Å². The van der Waals surface area contributed by atoms with Gasteiger partial charge in [0.05, 0.1) is 19.5 Å². The minimum atomic E-state index is 0.778. The van der Waals surface area contributed by atoms with Crippen molar-refractivity contribution in [1.82, 2.24) is 9.97 Å². The molecule has 0 radical (unpaired) electrons. The Morgan fingerprint density at radius 1 is 1.21 bits per heavy atom. The van der Waals surface area contributed by atoms with Crippen molar-refractivity contribution >= 4 is 17.3 Å². The van der Waals surface area contributed by atoms with Crippen LogP contribution in [0.1, 0.15) is 6.92 Å². The van der Waals surface area contributed by atoms with Crippen molar-refractivity contribution < 1.29 is 4.74 Å². The van der Waals surface area contributed by atoms with Gasteiger partial charge in [0.15, 0.2) is 5.82 Å². The van der Waals surface area contributed by atoms with Crippen LogP contribution >= 0.6 is 0 Å². The highest BCUT2D eigenvalue weighted by molar-refractivity contribution is 5.60. The molecular formula is C14H18N4O. The van der Waals surface area contributed by atoms with Gasteiger partial charge >= 0.3 is 0 Å². The second kappa shape index (κ2) is 6.04. The van der Waals surface area contributed by atoms with E-state index in [9.17, 15) is 0 Å². The van der Waals surface area contributed by atoms with E-state index in [0.717, 1.165) is 29.6 Å². The number of aromatic nitrogens is 2. The molecule has 0 saturated carbocycles. The molecule has 0 aliphatic rings. The molecule has 1 N–H and O–H groups in total. The molecule has 0 amide bonds. The van der Waals surface area contributed by atoms with Crippen LogP contribution in [0, 0.1) is 0 Å². The van der Waals surface area contributed by atoms with Gasteiger partial charge in [0.1, 0.15) is 11.6 Å². The molecule has 1 aromatic carbocycles. The van der Waals surface area contributed by atoms with Crippen molar-refractivity contribution in [3.05, 3.63) is 36.7 Å². The number of hydrogen-bond acceptors (Lipinski definition) is 5. The van der Waals surface area contributed by atoms with Gasteiger partial charge in [-0.05, 0) is 31.2 Å². The highest BCUT2D eigenvalue weighted by Crippen LogP contribution is 2.24. The summed E-state index contributed by atoms with van der Waals surface area (Å²) < 4.78 is 5.15. The molecule has 0 aliphatic heterocycles. The second-order valence-corrected chi connectivity index (χ2v) is 4.05. The quantitative estimate of drug-likeness (QED) is 0.893. The van der Waals surface area contributed by atoms with Gasteiger partial charge in [-0.1, -0.05) is 0 Å². The fraction of sp³-hybridized carbons (Fsp3) is 0.286. The maximum Gasteiger partial charge on any atom is 0.153 e. The van der Waals surface area contributed by atoms with Gasteiger partial charge in [-0.2, -0.15) is 0 Å². The highest BCUT2D eigenvalue weighted by atomic mass is 16.5. The highest BCUT2D eigenvalue weighted by Gasteiger charge is 2.06. The minimum Gasteiger partial charge on any atom is -0.497 e. The average molecular weight is 258 g/mol. The standard InChI is InChI=1S/C14H18N4O/c1-4-16-13-9-15-10-14(17-13)18(2)11-5-7-12(19-3)8-6-11/h5-10H,4H2,1-3H3,(H,16,17). The van der Waals surface area contributed by atoms with Crippen molar-refractivity contribution in [2.24, 2.45) is 0 Å². The lowest BCUT2D eigenvalue weighted by Gasteiger charge is -2.18. The van der Waals surface area contributed by atoms with Crippen molar-refractivity contribution in [3.8, 4) is 5.75 Å². The van der Waals surface area contributed by atoms with Gasteiger partial charge in [-0.15, -0.1) is 0 Å². The Kier molecular flexibility index (Phi) is 4.18. The first-order valence-electron chi connectivity index (χ1n) is 6.18. The predicted octanol–water partition coefficient (Wildman–Crippen LogP) is 2.68. The fourth-order valence-corrected chi connectivity index (χ4v) is 1.72. The molecule has 0 spiro atoms. The molecule has 100 valence electrons. The zero-order valence-corrected chi connectivity index (χ0v) is 11.4. The molecule has 0 unspecified atom stereocenters. The molecule has 1 aromatic heterocycles. The predicted molar refractivity (Wildman–Crippen MR) is 77.3 cm³/mol. The third kappa shape index (κ3) is 3.13. The Bertz CT molecular complexity index is 527. The van der Waals surface area contributed by atoms with Crippen LogP contribution in [0.2, 0.25) is 0 Å². The van der Waals surface area contributed by atoms with Gasteiger partial charge in [-0.3, -0.25) is 4.98 Å².